The van der Waals surface area contributed by atoms with Gasteiger partial charge < -0.3 is 15.0 Å². The maximum Gasteiger partial charge on any atom is 0.322 e. The van der Waals surface area contributed by atoms with Crippen molar-refractivity contribution in [3.8, 4) is 34.1 Å². The molecule has 0 radical (unpaired) electrons. The molecule has 8 rings (SSSR count). The van der Waals surface area contributed by atoms with E-state index < -0.39 is 0 Å². The van der Waals surface area contributed by atoms with Crippen LogP contribution in [0.15, 0.2) is 109 Å². The summed E-state index contributed by atoms with van der Waals surface area (Å²) in [5, 5.41) is 5.43. The molecule has 0 spiro atoms. The predicted molar refractivity (Wildman–Crippen MR) is 179 cm³/mol. The Morgan fingerprint density at radius 3 is 2.57 bits per heavy atom. The topological polar surface area (TPSA) is 67.3 Å². The van der Waals surface area contributed by atoms with Gasteiger partial charge in [0.15, 0.2) is 0 Å². The van der Waals surface area contributed by atoms with Gasteiger partial charge in [-0.3, -0.25) is 4.79 Å². The highest BCUT2D eigenvalue weighted by atomic mass is 19.1. The average Bonchev–Trinajstić information content (AvgIpc) is 3.11. The predicted octanol–water partition coefficient (Wildman–Crippen LogP) is 7.92. The van der Waals surface area contributed by atoms with Crippen molar-refractivity contribution in [3.05, 3.63) is 126 Å². The molecule has 1 aliphatic heterocycles. The van der Waals surface area contributed by atoms with Crippen LogP contribution < -0.4 is 10.1 Å². The summed E-state index contributed by atoms with van der Waals surface area (Å²) in [5.74, 6) is 0.277. The van der Waals surface area contributed by atoms with Gasteiger partial charge in [0.05, 0.1) is 11.6 Å². The van der Waals surface area contributed by atoms with Gasteiger partial charge in [-0.05, 0) is 100 Å². The lowest BCUT2D eigenvalue weighted by Gasteiger charge is -2.36. The van der Waals surface area contributed by atoms with Crippen LogP contribution in [0.2, 0.25) is 0 Å². The SMILES string of the molecule is O=C(C1CC2=C(C=CCC2)c2ccc3cc(-c4ccc(F)cc4)c(-c4ccnc(Oc5ccccc5)n4)cc3c21)N1CCNCC1. The standard InChI is InChI=1S/C39H33FN4O2/c40-28-13-10-25(11-14-28)32-22-27-12-15-31-30-9-5-4-6-26(30)23-35(38(45)44-20-18-41-19-21-44)37(31)33(27)24-34(32)36-16-17-42-39(43-36)46-29-7-2-1-3-8-29/h1-3,5,7-17,22,24,35,41H,4,6,18-21,23H2. The minimum Gasteiger partial charge on any atom is -0.424 e. The molecule has 1 fully saturated rings. The van der Waals surface area contributed by atoms with E-state index in [0.717, 1.165) is 70.9 Å². The van der Waals surface area contributed by atoms with Crippen LogP contribution in [0, 0.1) is 5.82 Å². The van der Waals surface area contributed by atoms with E-state index in [1.54, 1.807) is 18.3 Å². The first-order valence-electron chi connectivity index (χ1n) is 15.9. The average molecular weight is 609 g/mol. The van der Waals surface area contributed by atoms with Crippen molar-refractivity contribution in [2.24, 2.45) is 0 Å². The lowest BCUT2D eigenvalue weighted by Crippen LogP contribution is -2.48. The first kappa shape index (κ1) is 28.3. The highest BCUT2D eigenvalue weighted by Gasteiger charge is 2.35. The maximum atomic E-state index is 14.3. The van der Waals surface area contributed by atoms with Gasteiger partial charge in [-0.15, -0.1) is 0 Å². The number of amides is 1. The number of allylic oxidation sites excluding steroid dienone is 4. The molecule has 5 aromatic rings. The van der Waals surface area contributed by atoms with Crippen LogP contribution >= 0.6 is 0 Å². The Kier molecular flexibility index (Phi) is 7.39. The van der Waals surface area contributed by atoms with E-state index >= 15 is 0 Å². The van der Waals surface area contributed by atoms with E-state index in [2.05, 4.69) is 46.7 Å². The largest absolute Gasteiger partial charge is 0.424 e. The second-order valence-corrected chi connectivity index (χ2v) is 12.1. The third kappa shape index (κ3) is 5.26. The molecule has 6 nitrogen and oxygen atoms in total. The van der Waals surface area contributed by atoms with E-state index in [4.69, 9.17) is 9.72 Å². The molecule has 2 heterocycles. The smallest absolute Gasteiger partial charge is 0.322 e. The molecule has 1 atom stereocenters. The lowest BCUT2D eigenvalue weighted by molar-refractivity contribution is -0.133. The molecule has 4 aromatic carbocycles. The molecule has 0 bridgehead atoms. The molecule has 228 valence electrons. The molecule has 0 saturated carbocycles. The number of carbonyl (C=O) groups excluding carboxylic acids is 1. The van der Waals surface area contributed by atoms with Gasteiger partial charge in [0.2, 0.25) is 5.91 Å². The van der Waals surface area contributed by atoms with E-state index in [0.29, 0.717) is 24.5 Å². The molecular formula is C39H33FN4O2. The van der Waals surface area contributed by atoms with Gasteiger partial charge in [-0.25, -0.2) is 9.37 Å². The van der Waals surface area contributed by atoms with Crippen LogP contribution in [0.3, 0.4) is 0 Å². The number of halogens is 1. The molecule has 1 amide bonds. The van der Waals surface area contributed by atoms with Crippen molar-refractivity contribution in [2.45, 2.75) is 25.2 Å². The number of ether oxygens (including phenoxy) is 1. The van der Waals surface area contributed by atoms with Crippen molar-refractivity contribution < 1.29 is 13.9 Å². The third-order valence-corrected chi connectivity index (χ3v) is 9.31. The van der Waals surface area contributed by atoms with Crippen molar-refractivity contribution in [2.75, 3.05) is 26.2 Å². The monoisotopic (exact) mass is 608 g/mol. The Morgan fingerprint density at radius 2 is 1.74 bits per heavy atom. The van der Waals surface area contributed by atoms with E-state index in [9.17, 15) is 9.18 Å². The van der Waals surface area contributed by atoms with Gasteiger partial charge in [0.1, 0.15) is 11.6 Å². The highest BCUT2D eigenvalue weighted by molar-refractivity contribution is 6.04. The normalized spacial score (nSPS) is 17.5. The molecule has 1 saturated heterocycles. The fraction of sp³-hybridized carbons (Fsp3) is 0.205. The Hall–Kier alpha value is -5.14. The maximum absolute atomic E-state index is 14.3. The molecule has 2 aliphatic carbocycles. The Labute approximate surface area is 267 Å². The van der Waals surface area contributed by atoms with E-state index in [1.165, 1.54) is 23.3 Å². The van der Waals surface area contributed by atoms with Crippen LogP contribution in [0.4, 0.5) is 4.39 Å². The fourth-order valence-corrected chi connectivity index (χ4v) is 7.09. The van der Waals surface area contributed by atoms with Crippen molar-refractivity contribution in [1.82, 2.24) is 20.2 Å². The van der Waals surface area contributed by atoms with Crippen LogP contribution in [0.1, 0.15) is 36.3 Å². The number of hydrogen-bond acceptors (Lipinski definition) is 5. The summed E-state index contributed by atoms with van der Waals surface area (Å²) < 4.78 is 20.1. The van der Waals surface area contributed by atoms with Crippen molar-refractivity contribution >= 4 is 22.3 Å². The van der Waals surface area contributed by atoms with Crippen molar-refractivity contribution in [3.63, 3.8) is 0 Å². The third-order valence-electron chi connectivity index (χ3n) is 9.31. The second kappa shape index (κ2) is 12.0. The number of para-hydroxylation sites is 1. The molecule has 3 aliphatic rings. The molecule has 7 heteroatoms. The summed E-state index contributed by atoms with van der Waals surface area (Å²) in [4.78, 5) is 25.6. The molecule has 1 unspecified atom stereocenters. The number of aromatic nitrogens is 2. The number of carbonyl (C=O) groups is 1. The molecule has 1 aromatic heterocycles. The summed E-state index contributed by atoms with van der Waals surface area (Å²) in [6, 6.07) is 26.7. The fourth-order valence-electron chi connectivity index (χ4n) is 7.09. The number of nitrogens with zero attached hydrogens (tertiary/aromatic N) is 3. The van der Waals surface area contributed by atoms with Gasteiger partial charge in [-0.1, -0.05) is 60.2 Å². The summed E-state index contributed by atoms with van der Waals surface area (Å²) in [6.07, 6.45) is 8.88. The summed E-state index contributed by atoms with van der Waals surface area (Å²) in [6.45, 7) is 3.05. The Balaban J connectivity index is 1.34. The quantitative estimate of drug-likeness (QED) is 0.220. The number of rotatable bonds is 5. The van der Waals surface area contributed by atoms with Gasteiger partial charge >= 0.3 is 6.01 Å². The molecular weight excluding hydrogens is 575 g/mol. The number of nitrogens with one attached hydrogen (secondary N) is 1. The van der Waals surface area contributed by atoms with Crippen LogP contribution in [-0.2, 0) is 4.79 Å². The number of fused-ring (bicyclic) bond motifs is 4. The lowest BCUT2D eigenvalue weighted by atomic mass is 9.73. The number of piperazine rings is 1. The van der Waals surface area contributed by atoms with Gasteiger partial charge in [-0.2, -0.15) is 4.98 Å². The summed E-state index contributed by atoms with van der Waals surface area (Å²) in [5.41, 5.74) is 8.14. The zero-order valence-corrected chi connectivity index (χ0v) is 25.4. The second-order valence-electron chi connectivity index (χ2n) is 12.1. The first-order chi connectivity index (χ1) is 22.6. The minimum atomic E-state index is -0.292. The summed E-state index contributed by atoms with van der Waals surface area (Å²) >= 11 is 0. The van der Waals surface area contributed by atoms with Gasteiger partial charge in [0, 0.05) is 37.9 Å². The van der Waals surface area contributed by atoms with Crippen LogP contribution in [0.5, 0.6) is 11.8 Å². The van der Waals surface area contributed by atoms with Crippen molar-refractivity contribution in [1.29, 1.82) is 0 Å². The Bertz CT molecular complexity index is 2010. The zero-order chi connectivity index (χ0) is 31.0. The molecule has 1 N–H and O–H groups in total. The molecule has 46 heavy (non-hydrogen) atoms. The van der Waals surface area contributed by atoms with E-state index in [-0.39, 0.29) is 23.7 Å². The van der Waals surface area contributed by atoms with Crippen LogP contribution in [0.25, 0.3) is 38.7 Å². The highest BCUT2D eigenvalue weighted by Crippen LogP contribution is 2.48. The number of benzene rings is 4. The zero-order valence-electron chi connectivity index (χ0n) is 25.4. The minimum absolute atomic E-state index is 0.195. The van der Waals surface area contributed by atoms with Gasteiger partial charge in [0.25, 0.3) is 0 Å². The van der Waals surface area contributed by atoms with Crippen LogP contribution in [-0.4, -0.2) is 47.0 Å². The van der Waals surface area contributed by atoms with E-state index in [1.807, 2.05) is 41.3 Å². The Morgan fingerprint density at radius 1 is 0.913 bits per heavy atom. The number of hydrogen-bond donors (Lipinski definition) is 1. The summed E-state index contributed by atoms with van der Waals surface area (Å²) in [7, 11) is 0. The first-order valence-corrected chi connectivity index (χ1v) is 15.9.